The monoisotopic (exact) mass is 429 g/mol. The van der Waals surface area contributed by atoms with E-state index < -0.39 is 35.7 Å². The summed E-state index contributed by atoms with van der Waals surface area (Å²) in [6.07, 6.45) is 0.258. The molecule has 1 saturated heterocycles. The van der Waals surface area contributed by atoms with Crippen molar-refractivity contribution in [3.05, 3.63) is 59.9 Å². The van der Waals surface area contributed by atoms with Crippen LogP contribution in [0.2, 0.25) is 0 Å². The van der Waals surface area contributed by atoms with E-state index in [9.17, 15) is 18.8 Å². The summed E-state index contributed by atoms with van der Waals surface area (Å²) in [5.74, 6) is -0.381. The van der Waals surface area contributed by atoms with E-state index in [1.54, 1.807) is 25.1 Å². The number of carbonyl (C=O) groups excluding carboxylic acids is 3. The van der Waals surface area contributed by atoms with Gasteiger partial charge in [0.05, 0.1) is 13.7 Å². The van der Waals surface area contributed by atoms with Gasteiger partial charge in [-0.2, -0.15) is 0 Å². The summed E-state index contributed by atoms with van der Waals surface area (Å²) in [4.78, 5) is 38.6. The first-order chi connectivity index (χ1) is 14.9. The van der Waals surface area contributed by atoms with Crippen LogP contribution in [-0.4, -0.2) is 49.6 Å². The highest BCUT2D eigenvalue weighted by Crippen LogP contribution is 2.32. The summed E-state index contributed by atoms with van der Waals surface area (Å²) in [6.45, 7) is 1.67. The number of rotatable bonds is 9. The van der Waals surface area contributed by atoms with Gasteiger partial charge in [0.2, 0.25) is 5.91 Å². The van der Waals surface area contributed by atoms with Crippen LogP contribution in [0, 0.1) is 5.82 Å². The van der Waals surface area contributed by atoms with Crippen molar-refractivity contribution in [2.24, 2.45) is 0 Å². The molecule has 1 aliphatic heterocycles. The minimum Gasteiger partial charge on any atom is -0.493 e. The van der Waals surface area contributed by atoms with Crippen LogP contribution < -0.4 is 20.1 Å². The van der Waals surface area contributed by atoms with E-state index in [1.807, 2.05) is 6.07 Å². The van der Waals surface area contributed by atoms with Crippen LogP contribution in [0.1, 0.15) is 18.9 Å². The number of nitrogens with one attached hydrogen (secondary N) is 2. The molecule has 3 rings (SSSR count). The lowest BCUT2D eigenvalue weighted by Gasteiger charge is -2.25. The van der Waals surface area contributed by atoms with Crippen molar-refractivity contribution in [1.29, 1.82) is 0 Å². The number of carbonyl (C=O) groups is 3. The maximum atomic E-state index is 13.3. The second-order valence-electron chi connectivity index (χ2n) is 6.94. The van der Waals surface area contributed by atoms with E-state index in [-0.39, 0.29) is 19.6 Å². The first kappa shape index (κ1) is 22.1. The van der Waals surface area contributed by atoms with E-state index in [4.69, 9.17) is 9.47 Å². The summed E-state index contributed by atoms with van der Waals surface area (Å²) >= 11 is 0. The number of benzene rings is 2. The third-order valence-corrected chi connectivity index (χ3v) is 5.10. The van der Waals surface area contributed by atoms with Crippen molar-refractivity contribution < 1.29 is 28.2 Å². The molecule has 31 heavy (non-hydrogen) atoms. The molecular weight excluding hydrogens is 405 g/mol. The number of amides is 4. The molecule has 0 radical (unpaired) electrons. The van der Waals surface area contributed by atoms with Gasteiger partial charge in [-0.05, 0) is 36.2 Å². The number of urea groups is 1. The van der Waals surface area contributed by atoms with Crippen LogP contribution in [0.3, 0.4) is 0 Å². The van der Waals surface area contributed by atoms with Gasteiger partial charge in [-0.15, -0.1) is 0 Å². The Labute approximate surface area is 179 Å². The smallest absolute Gasteiger partial charge is 0.325 e. The summed E-state index contributed by atoms with van der Waals surface area (Å²) in [6, 6.07) is 11.8. The Hall–Kier alpha value is -3.62. The number of methoxy groups -OCH3 is 1. The van der Waals surface area contributed by atoms with Gasteiger partial charge >= 0.3 is 6.03 Å². The largest absolute Gasteiger partial charge is 0.493 e. The maximum absolute atomic E-state index is 13.3. The summed E-state index contributed by atoms with van der Waals surface area (Å²) < 4.78 is 24.0. The first-order valence-corrected chi connectivity index (χ1v) is 9.84. The van der Waals surface area contributed by atoms with E-state index in [0.29, 0.717) is 17.1 Å². The number of para-hydroxylation sites is 2. The lowest BCUT2D eigenvalue weighted by molar-refractivity contribution is -0.135. The molecule has 1 fully saturated rings. The standard InChI is InChI=1S/C22H24FN3O5/c1-3-22(15-8-10-16(23)11-9-15)20(28)26(21(29)25-22)14-19(27)24-12-13-31-18-7-5-4-6-17(18)30-2/h4-11H,3,12-14H2,1-2H3,(H,24,27)(H,25,29). The van der Waals surface area contributed by atoms with Gasteiger partial charge in [-0.25, -0.2) is 9.18 Å². The molecule has 0 bridgehead atoms. The molecule has 4 amide bonds. The molecule has 0 saturated carbocycles. The third kappa shape index (κ3) is 4.60. The second kappa shape index (κ2) is 9.46. The zero-order valence-electron chi connectivity index (χ0n) is 17.3. The number of halogens is 1. The van der Waals surface area contributed by atoms with Crippen LogP contribution in [0.4, 0.5) is 9.18 Å². The number of nitrogens with zero attached hydrogens (tertiary/aromatic N) is 1. The fourth-order valence-corrected chi connectivity index (χ4v) is 3.43. The third-order valence-electron chi connectivity index (χ3n) is 5.10. The number of imide groups is 1. The lowest BCUT2D eigenvalue weighted by atomic mass is 9.87. The molecule has 1 unspecified atom stereocenters. The van der Waals surface area contributed by atoms with Gasteiger partial charge < -0.3 is 20.1 Å². The fourth-order valence-electron chi connectivity index (χ4n) is 3.43. The number of hydrogen-bond acceptors (Lipinski definition) is 5. The molecule has 9 heteroatoms. The van der Waals surface area contributed by atoms with Crippen LogP contribution in [-0.2, 0) is 15.1 Å². The van der Waals surface area contributed by atoms with Gasteiger partial charge in [-0.3, -0.25) is 14.5 Å². The Bertz CT molecular complexity index is 966. The Morgan fingerprint density at radius 2 is 1.81 bits per heavy atom. The van der Waals surface area contributed by atoms with E-state index in [1.165, 1.54) is 31.4 Å². The highest BCUT2D eigenvalue weighted by atomic mass is 19.1. The summed E-state index contributed by atoms with van der Waals surface area (Å²) in [5.41, 5.74) is -0.860. The van der Waals surface area contributed by atoms with Crippen molar-refractivity contribution in [2.75, 3.05) is 26.8 Å². The molecule has 1 atom stereocenters. The highest BCUT2D eigenvalue weighted by Gasteiger charge is 2.51. The highest BCUT2D eigenvalue weighted by molar-refractivity contribution is 6.09. The summed E-state index contributed by atoms with van der Waals surface area (Å²) in [7, 11) is 1.53. The Balaban J connectivity index is 1.56. The molecule has 2 N–H and O–H groups in total. The Morgan fingerprint density at radius 1 is 1.13 bits per heavy atom. The minimum absolute atomic E-state index is 0.178. The van der Waals surface area contributed by atoms with Gasteiger partial charge in [-0.1, -0.05) is 31.2 Å². The van der Waals surface area contributed by atoms with E-state index in [2.05, 4.69) is 10.6 Å². The van der Waals surface area contributed by atoms with Crippen molar-refractivity contribution in [2.45, 2.75) is 18.9 Å². The topological polar surface area (TPSA) is 97.0 Å². The Kier molecular flexibility index (Phi) is 6.74. The fraction of sp³-hybridized carbons (Fsp3) is 0.318. The van der Waals surface area contributed by atoms with Crippen molar-refractivity contribution in [3.8, 4) is 11.5 Å². The van der Waals surface area contributed by atoms with Crippen LogP contribution in [0.5, 0.6) is 11.5 Å². The van der Waals surface area contributed by atoms with Crippen LogP contribution in [0.25, 0.3) is 0 Å². The predicted octanol–water partition coefficient (Wildman–Crippen LogP) is 2.19. The average molecular weight is 429 g/mol. The van der Waals surface area contributed by atoms with E-state index >= 15 is 0 Å². The molecular formula is C22H24FN3O5. The molecule has 0 aliphatic carbocycles. The number of ether oxygens (including phenoxy) is 2. The number of hydrogen-bond donors (Lipinski definition) is 2. The molecule has 0 spiro atoms. The maximum Gasteiger partial charge on any atom is 0.325 e. The Morgan fingerprint density at radius 3 is 2.45 bits per heavy atom. The minimum atomic E-state index is -1.32. The van der Waals surface area contributed by atoms with Crippen molar-refractivity contribution in [1.82, 2.24) is 15.5 Å². The van der Waals surface area contributed by atoms with Crippen LogP contribution >= 0.6 is 0 Å². The molecule has 8 nitrogen and oxygen atoms in total. The SMILES string of the molecule is CCC1(c2ccc(F)cc2)NC(=O)N(CC(=O)NCCOc2ccccc2OC)C1=O. The molecule has 1 aliphatic rings. The second-order valence-corrected chi connectivity index (χ2v) is 6.94. The zero-order chi connectivity index (χ0) is 22.4. The van der Waals surface area contributed by atoms with Gasteiger partial charge in [0.25, 0.3) is 5.91 Å². The summed E-state index contributed by atoms with van der Waals surface area (Å²) in [5, 5.41) is 5.28. The first-order valence-electron chi connectivity index (χ1n) is 9.84. The predicted molar refractivity (Wildman–Crippen MR) is 110 cm³/mol. The van der Waals surface area contributed by atoms with Gasteiger partial charge in [0, 0.05) is 0 Å². The molecule has 2 aromatic carbocycles. The van der Waals surface area contributed by atoms with Gasteiger partial charge in [0.1, 0.15) is 24.5 Å². The molecule has 1 heterocycles. The van der Waals surface area contributed by atoms with Crippen molar-refractivity contribution in [3.63, 3.8) is 0 Å². The molecule has 164 valence electrons. The average Bonchev–Trinajstić information content (AvgIpc) is 3.02. The quantitative estimate of drug-likeness (QED) is 0.471. The zero-order valence-corrected chi connectivity index (χ0v) is 17.3. The van der Waals surface area contributed by atoms with E-state index in [0.717, 1.165) is 4.90 Å². The normalized spacial score (nSPS) is 18.0. The van der Waals surface area contributed by atoms with Gasteiger partial charge in [0.15, 0.2) is 11.5 Å². The molecule has 0 aromatic heterocycles. The van der Waals surface area contributed by atoms with Crippen molar-refractivity contribution >= 4 is 17.8 Å². The molecule has 2 aromatic rings. The van der Waals surface area contributed by atoms with Crippen LogP contribution in [0.15, 0.2) is 48.5 Å². The lowest BCUT2D eigenvalue weighted by Crippen LogP contribution is -2.45.